The topological polar surface area (TPSA) is 92.7 Å². The van der Waals surface area contributed by atoms with E-state index < -0.39 is 10.0 Å². The van der Waals surface area contributed by atoms with Crippen molar-refractivity contribution >= 4 is 28.3 Å². The lowest BCUT2D eigenvalue weighted by molar-refractivity contribution is 0.0945. The van der Waals surface area contributed by atoms with Gasteiger partial charge < -0.3 is 19.9 Å². The largest absolute Gasteiger partial charge is 0.383 e. The molecule has 2 heterocycles. The van der Waals surface area contributed by atoms with Crippen LogP contribution >= 0.6 is 12.4 Å². The summed E-state index contributed by atoms with van der Waals surface area (Å²) in [5.74, 6) is 0.0742. The van der Waals surface area contributed by atoms with E-state index in [-0.39, 0.29) is 23.2 Å². The van der Waals surface area contributed by atoms with Gasteiger partial charge >= 0.3 is 0 Å². The number of aryl methyl sites for hydroxylation is 1. The average Bonchev–Trinajstić information content (AvgIpc) is 3.00. The number of carbonyl (C=O) groups excluding carboxylic acids is 1. The van der Waals surface area contributed by atoms with Crippen LogP contribution in [0.2, 0.25) is 0 Å². The van der Waals surface area contributed by atoms with Crippen LogP contribution in [-0.4, -0.2) is 69.6 Å². The van der Waals surface area contributed by atoms with Crippen molar-refractivity contribution in [3.05, 3.63) is 18.0 Å². The molecule has 156 valence electrons. The number of rotatable bonds is 9. The van der Waals surface area contributed by atoms with Crippen LogP contribution < -0.4 is 10.6 Å². The van der Waals surface area contributed by atoms with Crippen molar-refractivity contribution < 1.29 is 17.9 Å². The van der Waals surface area contributed by atoms with Gasteiger partial charge in [-0.25, -0.2) is 8.42 Å². The maximum absolute atomic E-state index is 12.8. The van der Waals surface area contributed by atoms with Crippen LogP contribution in [-0.2, 0) is 21.8 Å². The van der Waals surface area contributed by atoms with Crippen LogP contribution in [0.15, 0.2) is 17.2 Å². The minimum absolute atomic E-state index is 0. The van der Waals surface area contributed by atoms with Crippen molar-refractivity contribution in [1.82, 2.24) is 19.5 Å². The molecule has 1 aromatic rings. The zero-order chi connectivity index (χ0) is 19.2. The van der Waals surface area contributed by atoms with E-state index in [0.29, 0.717) is 50.9 Å². The molecular weight excluding hydrogens is 392 g/mol. The van der Waals surface area contributed by atoms with Crippen LogP contribution in [0.3, 0.4) is 0 Å². The van der Waals surface area contributed by atoms with Crippen molar-refractivity contribution in [3.8, 4) is 0 Å². The molecule has 27 heavy (non-hydrogen) atoms. The number of nitrogens with zero attached hydrogens (tertiary/aromatic N) is 2. The number of carbonyl (C=O) groups is 1. The Balaban J connectivity index is 0.00000364. The fourth-order valence-corrected chi connectivity index (χ4v) is 4.74. The summed E-state index contributed by atoms with van der Waals surface area (Å²) in [6.07, 6.45) is 3.43. The number of ether oxygens (including phenoxy) is 1. The number of sulfonamides is 1. The fourth-order valence-electron chi connectivity index (χ4n) is 3.07. The number of aromatic nitrogens is 1. The third kappa shape index (κ3) is 6.46. The number of nitrogens with one attached hydrogen (secondary N) is 2. The summed E-state index contributed by atoms with van der Waals surface area (Å²) in [7, 11) is -0.241. The van der Waals surface area contributed by atoms with Gasteiger partial charge in [0, 0.05) is 53.1 Å². The number of piperidine rings is 1. The van der Waals surface area contributed by atoms with E-state index in [4.69, 9.17) is 4.74 Å². The third-order valence-electron chi connectivity index (χ3n) is 4.54. The maximum atomic E-state index is 12.8. The number of hydrogen-bond donors (Lipinski definition) is 2. The van der Waals surface area contributed by atoms with Crippen molar-refractivity contribution in [2.75, 3.05) is 46.4 Å². The maximum Gasteiger partial charge on any atom is 0.267 e. The van der Waals surface area contributed by atoms with Gasteiger partial charge in [0.1, 0.15) is 10.6 Å². The Kier molecular flexibility index (Phi) is 9.75. The molecule has 1 amide bonds. The van der Waals surface area contributed by atoms with Gasteiger partial charge in [0.15, 0.2) is 0 Å². The number of halogens is 1. The molecule has 0 radical (unpaired) electrons. The molecule has 1 fully saturated rings. The van der Waals surface area contributed by atoms with Crippen LogP contribution in [0.25, 0.3) is 0 Å². The summed E-state index contributed by atoms with van der Waals surface area (Å²) in [4.78, 5) is 12.5. The molecule has 0 aromatic carbocycles. The summed E-state index contributed by atoms with van der Waals surface area (Å²) < 4.78 is 33.7. The van der Waals surface area contributed by atoms with Gasteiger partial charge in [-0.05, 0) is 24.8 Å². The smallest absolute Gasteiger partial charge is 0.267 e. The van der Waals surface area contributed by atoms with Crippen molar-refractivity contribution in [3.63, 3.8) is 0 Å². The van der Waals surface area contributed by atoms with Gasteiger partial charge in [0.05, 0.1) is 6.61 Å². The van der Waals surface area contributed by atoms with Crippen LogP contribution in [0.4, 0.5) is 0 Å². The molecule has 1 aliphatic heterocycles. The monoisotopic (exact) mass is 422 g/mol. The summed E-state index contributed by atoms with van der Waals surface area (Å²) in [6.45, 7) is 5.54. The molecule has 0 bridgehead atoms. The predicted molar refractivity (Wildman–Crippen MR) is 107 cm³/mol. The van der Waals surface area contributed by atoms with Gasteiger partial charge in [0.2, 0.25) is 10.0 Å². The SMILES string of the molecule is COCCNCCNC(=O)c1cc(S(=O)(=O)N2CCCC(C)C2)cn1C.Cl. The number of methoxy groups -OCH3 is 1. The van der Waals surface area contributed by atoms with E-state index in [1.807, 2.05) is 0 Å². The van der Waals surface area contributed by atoms with E-state index >= 15 is 0 Å². The first-order valence-electron chi connectivity index (χ1n) is 9.00. The Morgan fingerprint density at radius 2 is 2.07 bits per heavy atom. The molecule has 8 nitrogen and oxygen atoms in total. The molecule has 0 aliphatic carbocycles. The standard InChI is InChI=1S/C17H30N4O4S.ClH/c1-14-5-4-9-21(12-14)26(23,24)15-11-16(20(2)13-15)17(22)19-7-6-18-8-10-25-3;/h11,13-14,18H,4-10,12H2,1-3H3,(H,19,22);1H. The second-order valence-corrected chi connectivity index (χ2v) is 8.72. The molecule has 1 atom stereocenters. The highest BCUT2D eigenvalue weighted by Crippen LogP contribution is 2.24. The second-order valence-electron chi connectivity index (χ2n) is 6.78. The number of hydrogen-bond acceptors (Lipinski definition) is 5. The molecule has 10 heteroatoms. The first kappa shape index (κ1) is 23.9. The Morgan fingerprint density at radius 1 is 1.33 bits per heavy atom. The first-order chi connectivity index (χ1) is 12.4. The zero-order valence-corrected chi connectivity index (χ0v) is 17.9. The normalized spacial score (nSPS) is 18.1. The van der Waals surface area contributed by atoms with Crippen molar-refractivity contribution in [2.45, 2.75) is 24.7 Å². The zero-order valence-electron chi connectivity index (χ0n) is 16.2. The van der Waals surface area contributed by atoms with E-state index in [2.05, 4.69) is 17.6 Å². The van der Waals surface area contributed by atoms with E-state index in [1.165, 1.54) is 16.6 Å². The Labute approximate surface area is 168 Å². The highest BCUT2D eigenvalue weighted by molar-refractivity contribution is 7.89. The molecule has 2 N–H and O–H groups in total. The summed E-state index contributed by atoms with van der Waals surface area (Å²) in [6, 6.07) is 1.46. The minimum Gasteiger partial charge on any atom is -0.383 e. The van der Waals surface area contributed by atoms with Gasteiger partial charge in [0.25, 0.3) is 5.91 Å². The molecule has 1 unspecified atom stereocenters. The molecule has 2 rings (SSSR count). The first-order valence-corrected chi connectivity index (χ1v) is 10.4. The summed E-state index contributed by atoms with van der Waals surface area (Å²) in [5.41, 5.74) is 0.338. The number of amides is 1. The quantitative estimate of drug-likeness (QED) is 0.575. The lowest BCUT2D eigenvalue weighted by Crippen LogP contribution is -2.38. The predicted octanol–water partition coefficient (Wildman–Crippen LogP) is 0.833. The molecular formula is C17H31ClN4O4S. The average molecular weight is 423 g/mol. The van der Waals surface area contributed by atoms with Crippen molar-refractivity contribution in [1.29, 1.82) is 0 Å². The van der Waals surface area contributed by atoms with Crippen molar-refractivity contribution in [2.24, 2.45) is 13.0 Å². The fraction of sp³-hybridized carbons (Fsp3) is 0.706. The van der Waals surface area contributed by atoms with Crippen LogP contribution in [0.5, 0.6) is 0 Å². The molecule has 0 spiro atoms. The summed E-state index contributed by atoms with van der Waals surface area (Å²) >= 11 is 0. The lowest BCUT2D eigenvalue weighted by atomic mass is 10.0. The third-order valence-corrected chi connectivity index (χ3v) is 6.37. The Bertz CT molecular complexity index is 708. The Hall–Kier alpha value is -1.13. The highest BCUT2D eigenvalue weighted by Gasteiger charge is 2.30. The van der Waals surface area contributed by atoms with Crippen LogP contribution in [0, 0.1) is 5.92 Å². The van der Waals surface area contributed by atoms with E-state index in [1.54, 1.807) is 18.7 Å². The van der Waals surface area contributed by atoms with E-state index in [9.17, 15) is 13.2 Å². The summed E-state index contributed by atoms with van der Waals surface area (Å²) in [5, 5.41) is 5.93. The second kappa shape index (κ2) is 11.0. The highest BCUT2D eigenvalue weighted by atomic mass is 35.5. The van der Waals surface area contributed by atoms with Crippen LogP contribution in [0.1, 0.15) is 30.3 Å². The molecule has 1 aliphatic rings. The van der Waals surface area contributed by atoms with Gasteiger partial charge in [-0.2, -0.15) is 4.31 Å². The van der Waals surface area contributed by atoms with Gasteiger partial charge in [-0.15, -0.1) is 12.4 Å². The van der Waals surface area contributed by atoms with Gasteiger partial charge in [-0.1, -0.05) is 6.92 Å². The Morgan fingerprint density at radius 3 is 2.74 bits per heavy atom. The lowest BCUT2D eigenvalue weighted by Gasteiger charge is -2.29. The molecule has 0 saturated carbocycles. The molecule has 1 saturated heterocycles. The minimum atomic E-state index is -3.56. The van der Waals surface area contributed by atoms with Gasteiger partial charge in [-0.3, -0.25) is 4.79 Å². The van der Waals surface area contributed by atoms with E-state index in [0.717, 1.165) is 12.8 Å². The molecule has 1 aromatic heterocycles.